The third kappa shape index (κ3) is 3.62. The minimum atomic E-state index is -0.384. The Balaban J connectivity index is 1.59. The van der Waals surface area contributed by atoms with Gasteiger partial charge in [-0.05, 0) is 58.2 Å². The smallest absolute Gasteiger partial charge is 0.249 e. The maximum Gasteiger partial charge on any atom is 0.249 e. The highest BCUT2D eigenvalue weighted by Crippen LogP contribution is 2.34. The second-order valence-electron chi connectivity index (χ2n) is 6.29. The van der Waals surface area contributed by atoms with Crippen LogP contribution in [0, 0.1) is 11.6 Å². The molecule has 0 N–H and O–H groups in total. The van der Waals surface area contributed by atoms with E-state index in [1.165, 1.54) is 18.2 Å². The van der Waals surface area contributed by atoms with E-state index in [1.54, 1.807) is 29.2 Å². The van der Waals surface area contributed by atoms with Crippen LogP contribution < -0.4 is 0 Å². The lowest BCUT2D eigenvalue weighted by Gasteiger charge is -2.22. The van der Waals surface area contributed by atoms with Crippen molar-refractivity contribution in [2.75, 3.05) is 0 Å². The molecule has 1 unspecified atom stereocenters. The van der Waals surface area contributed by atoms with Gasteiger partial charge in [0.2, 0.25) is 17.6 Å². The second-order valence-corrected chi connectivity index (χ2v) is 7.15. The molecule has 27 heavy (non-hydrogen) atoms. The fourth-order valence-electron chi connectivity index (χ4n) is 3.14. The van der Waals surface area contributed by atoms with Crippen LogP contribution in [-0.4, -0.2) is 20.9 Å². The van der Waals surface area contributed by atoms with Crippen molar-refractivity contribution in [3.05, 3.63) is 70.0 Å². The summed E-state index contributed by atoms with van der Waals surface area (Å²) < 4.78 is 32.5. The van der Waals surface area contributed by atoms with Crippen LogP contribution in [0.25, 0.3) is 11.4 Å². The van der Waals surface area contributed by atoms with Gasteiger partial charge in [-0.15, -0.1) is 0 Å². The van der Waals surface area contributed by atoms with Crippen molar-refractivity contribution in [2.24, 2.45) is 0 Å². The first-order valence-electron chi connectivity index (χ1n) is 8.34. The molecule has 4 rings (SSSR count). The molecule has 1 aliphatic heterocycles. The number of benzene rings is 2. The molecule has 1 atom stereocenters. The molecule has 1 fully saturated rings. The molecule has 1 aliphatic rings. The monoisotopic (exact) mass is 433 g/mol. The molecule has 1 amide bonds. The predicted octanol–water partition coefficient (Wildman–Crippen LogP) is 4.64. The Hall–Kier alpha value is -2.61. The average molecular weight is 434 g/mol. The number of nitrogens with zero attached hydrogens (tertiary/aromatic N) is 3. The molecule has 1 aromatic heterocycles. The molecule has 0 spiro atoms. The number of amides is 1. The van der Waals surface area contributed by atoms with Crippen LogP contribution in [0.4, 0.5) is 8.78 Å². The Labute approximate surface area is 162 Å². The minimum Gasteiger partial charge on any atom is -0.337 e. The molecule has 1 saturated heterocycles. The van der Waals surface area contributed by atoms with Crippen molar-refractivity contribution in [3.8, 4) is 11.4 Å². The van der Waals surface area contributed by atoms with Crippen molar-refractivity contribution >= 4 is 21.8 Å². The van der Waals surface area contributed by atoms with Gasteiger partial charge in [0.05, 0.1) is 4.47 Å². The van der Waals surface area contributed by atoms with Gasteiger partial charge in [0.15, 0.2) is 0 Å². The number of hydrogen-bond acceptors (Lipinski definition) is 4. The maximum absolute atomic E-state index is 13.4. The Morgan fingerprint density at radius 3 is 2.85 bits per heavy atom. The summed E-state index contributed by atoms with van der Waals surface area (Å²) in [5, 5.41) is 3.96. The van der Waals surface area contributed by atoms with Crippen LogP contribution in [0.2, 0.25) is 0 Å². The minimum absolute atomic E-state index is 0.0477. The lowest BCUT2D eigenvalue weighted by atomic mass is 10.1. The van der Waals surface area contributed by atoms with Gasteiger partial charge >= 0.3 is 0 Å². The van der Waals surface area contributed by atoms with Gasteiger partial charge in [0, 0.05) is 18.5 Å². The van der Waals surface area contributed by atoms with E-state index in [0.717, 1.165) is 0 Å². The van der Waals surface area contributed by atoms with Crippen LogP contribution >= 0.6 is 15.9 Å². The zero-order valence-electron chi connectivity index (χ0n) is 14.0. The highest BCUT2D eigenvalue weighted by Gasteiger charge is 2.36. The molecule has 138 valence electrons. The molecule has 0 saturated carbocycles. The lowest BCUT2D eigenvalue weighted by molar-refractivity contribution is -0.130. The van der Waals surface area contributed by atoms with Crippen molar-refractivity contribution in [1.82, 2.24) is 15.0 Å². The molecule has 0 radical (unpaired) electrons. The SMILES string of the molecule is O=C1CCC(c2nc(-c3ccc(F)c(Br)c3)no2)N1Cc1cccc(F)c1. The van der Waals surface area contributed by atoms with E-state index in [1.807, 2.05) is 0 Å². The van der Waals surface area contributed by atoms with Crippen molar-refractivity contribution in [2.45, 2.75) is 25.4 Å². The van der Waals surface area contributed by atoms with Crippen molar-refractivity contribution in [1.29, 1.82) is 0 Å². The maximum atomic E-state index is 13.4. The molecule has 8 heteroatoms. The summed E-state index contributed by atoms with van der Waals surface area (Å²) in [7, 11) is 0. The third-order valence-electron chi connectivity index (χ3n) is 4.47. The van der Waals surface area contributed by atoms with Gasteiger partial charge < -0.3 is 9.42 Å². The Bertz CT molecular complexity index is 1010. The molecular weight excluding hydrogens is 420 g/mol. The number of hydrogen-bond donors (Lipinski definition) is 0. The van der Waals surface area contributed by atoms with Crippen LogP contribution in [0.15, 0.2) is 51.5 Å². The van der Waals surface area contributed by atoms with Crippen LogP contribution in [0.5, 0.6) is 0 Å². The standard InChI is InChI=1S/C19H14BrF2N3O2/c20-14-9-12(4-5-15(14)22)18-23-19(27-24-18)16-6-7-17(26)25(16)10-11-2-1-3-13(21)8-11/h1-5,8-9,16H,6-7,10H2. The second kappa shape index (κ2) is 7.19. The molecule has 0 bridgehead atoms. The predicted molar refractivity (Wildman–Crippen MR) is 96.3 cm³/mol. The van der Waals surface area contributed by atoms with Crippen LogP contribution in [0.1, 0.15) is 30.3 Å². The number of carbonyl (C=O) groups is 1. The van der Waals surface area contributed by atoms with Gasteiger partial charge in [-0.2, -0.15) is 4.98 Å². The third-order valence-corrected chi connectivity index (χ3v) is 5.08. The van der Waals surface area contributed by atoms with E-state index in [-0.39, 0.29) is 30.1 Å². The Morgan fingerprint density at radius 2 is 2.07 bits per heavy atom. The van der Waals surface area contributed by atoms with Gasteiger partial charge in [-0.3, -0.25) is 4.79 Å². The highest BCUT2D eigenvalue weighted by atomic mass is 79.9. The molecule has 2 heterocycles. The number of rotatable bonds is 4. The van der Waals surface area contributed by atoms with E-state index in [0.29, 0.717) is 40.2 Å². The topological polar surface area (TPSA) is 59.2 Å². The average Bonchev–Trinajstić information content (AvgIpc) is 3.25. The Morgan fingerprint density at radius 1 is 1.22 bits per heavy atom. The van der Waals surface area contributed by atoms with Gasteiger partial charge in [0.1, 0.15) is 17.7 Å². The number of likely N-dealkylation sites (tertiary alicyclic amines) is 1. The van der Waals surface area contributed by atoms with E-state index in [2.05, 4.69) is 26.1 Å². The van der Waals surface area contributed by atoms with E-state index in [4.69, 9.17) is 4.52 Å². The van der Waals surface area contributed by atoms with E-state index >= 15 is 0 Å². The fourth-order valence-corrected chi connectivity index (χ4v) is 3.52. The summed E-state index contributed by atoms with van der Waals surface area (Å²) >= 11 is 3.13. The zero-order chi connectivity index (χ0) is 19.0. The summed E-state index contributed by atoms with van der Waals surface area (Å²) in [5.74, 6) is -0.153. The normalized spacial score (nSPS) is 16.9. The van der Waals surface area contributed by atoms with Gasteiger partial charge in [0.25, 0.3) is 0 Å². The van der Waals surface area contributed by atoms with Crippen molar-refractivity contribution in [3.63, 3.8) is 0 Å². The Kier molecular flexibility index (Phi) is 4.73. The number of aromatic nitrogens is 2. The van der Waals surface area contributed by atoms with E-state index in [9.17, 15) is 13.6 Å². The molecule has 5 nitrogen and oxygen atoms in total. The van der Waals surface area contributed by atoms with Crippen molar-refractivity contribution < 1.29 is 18.1 Å². The first kappa shape index (κ1) is 17.8. The summed E-state index contributed by atoms with van der Waals surface area (Å²) in [5.41, 5.74) is 1.29. The van der Waals surface area contributed by atoms with Gasteiger partial charge in [-0.1, -0.05) is 17.3 Å². The highest BCUT2D eigenvalue weighted by molar-refractivity contribution is 9.10. The summed E-state index contributed by atoms with van der Waals surface area (Å²) in [6.45, 7) is 0.265. The molecule has 0 aliphatic carbocycles. The first-order valence-corrected chi connectivity index (χ1v) is 9.13. The largest absolute Gasteiger partial charge is 0.337 e. The zero-order valence-corrected chi connectivity index (χ0v) is 15.6. The summed E-state index contributed by atoms with van der Waals surface area (Å²) in [6.07, 6.45) is 0.905. The molecule has 3 aromatic rings. The summed E-state index contributed by atoms with van der Waals surface area (Å²) in [4.78, 5) is 18.3. The summed E-state index contributed by atoms with van der Waals surface area (Å²) in [6, 6.07) is 10.2. The number of carbonyl (C=O) groups excluding carboxylic acids is 1. The quantitative estimate of drug-likeness (QED) is 0.601. The van der Waals surface area contributed by atoms with Gasteiger partial charge in [-0.25, -0.2) is 8.78 Å². The van der Waals surface area contributed by atoms with E-state index < -0.39 is 0 Å². The number of halogens is 3. The molecular formula is C19H14BrF2N3O2. The fraction of sp³-hybridized carbons (Fsp3) is 0.211. The van der Waals surface area contributed by atoms with Crippen LogP contribution in [-0.2, 0) is 11.3 Å². The lowest BCUT2D eigenvalue weighted by Crippen LogP contribution is -2.27. The first-order chi connectivity index (χ1) is 13.0. The van der Waals surface area contributed by atoms with Crippen LogP contribution in [0.3, 0.4) is 0 Å². The molecule has 2 aromatic carbocycles.